The molecule has 4 N–H and O–H groups in total. The zero-order valence-electron chi connectivity index (χ0n) is 22.3. The number of aromatic nitrogens is 2. The highest BCUT2D eigenvalue weighted by atomic mass is 16.4. The third kappa shape index (κ3) is 5.73. The van der Waals surface area contributed by atoms with Crippen LogP contribution >= 0.6 is 0 Å². The Kier molecular flexibility index (Phi) is 8.04. The molecule has 0 unspecified atom stereocenters. The zero-order chi connectivity index (χ0) is 26.4. The second-order valence-electron chi connectivity index (χ2n) is 10.3. The smallest absolute Gasteiger partial charge is 0.215 e. The van der Waals surface area contributed by atoms with E-state index in [0.717, 1.165) is 80.4 Å². The average molecular weight is 515 g/mol. The van der Waals surface area contributed by atoms with Gasteiger partial charge in [0, 0.05) is 24.2 Å². The molecule has 2 aliphatic rings. The van der Waals surface area contributed by atoms with Gasteiger partial charge in [-0.2, -0.15) is 0 Å². The van der Waals surface area contributed by atoms with Gasteiger partial charge in [0.15, 0.2) is 11.5 Å². The normalized spacial score (nSPS) is 18.9. The summed E-state index contributed by atoms with van der Waals surface area (Å²) < 4.78 is 11.9. The molecular formula is C30H38N6O2. The fourth-order valence-electron chi connectivity index (χ4n) is 5.13. The zero-order valence-corrected chi connectivity index (χ0v) is 22.3. The van der Waals surface area contributed by atoms with Crippen LogP contribution in [0.1, 0.15) is 37.5 Å². The Balaban J connectivity index is 0.000000156. The predicted octanol–water partition coefficient (Wildman–Crippen LogP) is 4.36. The second-order valence-corrected chi connectivity index (χ2v) is 10.3. The molecule has 0 saturated carbocycles. The molecule has 200 valence electrons. The molecule has 4 heterocycles. The van der Waals surface area contributed by atoms with Crippen molar-refractivity contribution in [3.63, 3.8) is 0 Å². The summed E-state index contributed by atoms with van der Waals surface area (Å²) in [5.74, 6) is 3.10. The van der Waals surface area contributed by atoms with E-state index in [1.165, 1.54) is 0 Å². The van der Waals surface area contributed by atoms with Crippen LogP contribution in [0.5, 0.6) is 0 Å². The van der Waals surface area contributed by atoms with E-state index in [0.29, 0.717) is 5.89 Å². The first-order valence-corrected chi connectivity index (χ1v) is 13.4. The summed E-state index contributed by atoms with van der Waals surface area (Å²) in [6.45, 7) is 3.95. The van der Waals surface area contributed by atoms with Crippen molar-refractivity contribution in [2.75, 3.05) is 40.3 Å². The van der Waals surface area contributed by atoms with Gasteiger partial charge in [-0.05, 0) is 52.9 Å². The summed E-state index contributed by atoms with van der Waals surface area (Å²) in [6.07, 6.45) is 7.37. The second kappa shape index (κ2) is 11.6. The molecule has 8 heteroatoms. The van der Waals surface area contributed by atoms with Gasteiger partial charge in [-0.3, -0.25) is 0 Å². The minimum Gasteiger partial charge on any atom is -0.439 e. The maximum atomic E-state index is 6.38. The number of nitrogens with one attached hydrogen (secondary N) is 2. The molecule has 2 fully saturated rings. The van der Waals surface area contributed by atoms with E-state index in [4.69, 9.17) is 14.6 Å². The number of hydrogen-bond donors (Lipinski definition) is 3. The van der Waals surface area contributed by atoms with Gasteiger partial charge in [0.05, 0.1) is 23.5 Å². The monoisotopic (exact) mass is 514 g/mol. The molecule has 0 atom stereocenters. The molecular weight excluding hydrogens is 476 g/mol. The van der Waals surface area contributed by atoms with Crippen LogP contribution in [-0.4, -0.2) is 55.1 Å². The lowest BCUT2D eigenvalue weighted by Gasteiger charge is -2.38. The number of rotatable bonds is 5. The summed E-state index contributed by atoms with van der Waals surface area (Å²) in [5, 5.41) is 6.73. The molecule has 8 nitrogen and oxygen atoms in total. The summed E-state index contributed by atoms with van der Waals surface area (Å²) in [5.41, 5.74) is 7.94. The molecule has 2 aliphatic heterocycles. The summed E-state index contributed by atoms with van der Waals surface area (Å²) in [7, 11) is 4.16. The van der Waals surface area contributed by atoms with Gasteiger partial charge in [-0.1, -0.05) is 60.7 Å². The SMILES string of the molecule is CNC1(c2ncc(-c3ccccc3)o2)CCN(C)CC1.NC1(c2ncc(-c3ccccc3)o2)CCNCC1. The van der Waals surface area contributed by atoms with Crippen LogP contribution in [-0.2, 0) is 11.1 Å². The van der Waals surface area contributed by atoms with Crippen LogP contribution in [0, 0.1) is 0 Å². The van der Waals surface area contributed by atoms with E-state index in [1.807, 2.05) is 73.9 Å². The Hall–Kier alpha value is -3.30. The van der Waals surface area contributed by atoms with Crippen molar-refractivity contribution in [1.29, 1.82) is 0 Å². The first kappa shape index (κ1) is 26.3. The van der Waals surface area contributed by atoms with E-state index in [-0.39, 0.29) is 5.54 Å². The quantitative estimate of drug-likeness (QED) is 0.361. The minimum absolute atomic E-state index is 0.125. The molecule has 0 aliphatic carbocycles. The molecule has 0 radical (unpaired) electrons. The summed E-state index contributed by atoms with van der Waals surface area (Å²) in [4.78, 5) is 11.2. The average Bonchev–Trinajstić information content (AvgIpc) is 3.67. The van der Waals surface area contributed by atoms with Gasteiger partial charge in [0.25, 0.3) is 0 Å². The van der Waals surface area contributed by atoms with Gasteiger partial charge < -0.3 is 30.1 Å². The molecule has 2 aromatic carbocycles. The number of likely N-dealkylation sites (tertiary alicyclic amines) is 1. The van der Waals surface area contributed by atoms with Gasteiger partial charge >= 0.3 is 0 Å². The Morgan fingerprint density at radius 3 is 1.82 bits per heavy atom. The molecule has 2 saturated heterocycles. The number of oxazole rings is 2. The number of nitrogens with zero attached hydrogens (tertiary/aromatic N) is 3. The minimum atomic E-state index is -0.418. The van der Waals surface area contributed by atoms with E-state index >= 15 is 0 Å². The first-order chi connectivity index (χ1) is 18.5. The Labute approximate surface area is 224 Å². The van der Waals surface area contributed by atoms with E-state index in [9.17, 15) is 0 Å². The van der Waals surface area contributed by atoms with Crippen molar-refractivity contribution in [2.24, 2.45) is 5.73 Å². The first-order valence-electron chi connectivity index (χ1n) is 13.4. The molecule has 38 heavy (non-hydrogen) atoms. The topological polar surface area (TPSA) is 105 Å². The van der Waals surface area contributed by atoms with E-state index in [1.54, 1.807) is 6.20 Å². The highest BCUT2D eigenvalue weighted by Gasteiger charge is 2.38. The maximum absolute atomic E-state index is 6.38. The third-order valence-electron chi connectivity index (χ3n) is 7.78. The van der Waals surface area contributed by atoms with Crippen LogP contribution < -0.4 is 16.4 Å². The molecule has 6 rings (SSSR count). The molecule has 0 amide bonds. The summed E-state index contributed by atoms with van der Waals surface area (Å²) >= 11 is 0. The number of benzene rings is 2. The van der Waals surface area contributed by atoms with Crippen molar-refractivity contribution in [3.8, 4) is 22.6 Å². The number of nitrogens with two attached hydrogens (primary N) is 1. The third-order valence-corrected chi connectivity index (χ3v) is 7.78. The van der Waals surface area contributed by atoms with Crippen LogP contribution in [0.3, 0.4) is 0 Å². The molecule has 0 spiro atoms. The van der Waals surface area contributed by atoms with Gasteiger partial charge in [-0.25, -0.2) is 9.97 Å². The number of hydrogen-bond acceptors (Lipinski definition) is 8. The molecule has 0 bridgehead atoms. The van der Waals surface area contributed by atoms with Gasteiger partial charge in [0.2, 0.25) is 11.8 Å². The maximum Gasteiger partial charge on any atom is 0.215 e. The molecule has 4 aromatic rings. The van der Waals surface area contributed by atoms with E-state index < -0.39 is 5.54 Å². The standard InChI is InChI=1S/C16H21N3O.C14H17N3O/c1-17-16(8-10-19(2)11-9-16)15-18-12-14(20-15)13-6-4-3-5-7-13;15-14(6-8-16-9-7-14)13-17-10-12(18-13)11-4-2-1-3-5-11/h3-7,12,17H,8-11H2,1-2H3;1-5,10,16H,6-9,15H2. The molecule has 2 aromatic heterocycles. The largest absolute Gasteiger partial charge is 0.439 e. The highest BCUT2D eigenvalue weighted by Crippen LogP contribution is 2.34. The van der Waals surface area contributed by atoms with Crippen molar-refractivity contribution in [1.82, 2.24) is 25.5 Å². The van der Waals surface area contributed by atoms with Gasteiger partial charge in [0.1, 0.15) is 0 Å². The van der Waals surface area contributed by atoms with Crippen LogP contribution in [0.4, 0.5) is 0 Å². The van der Waals surface area contributed by atoms with Crippen molar-refractivity contribution in [3.05, 3.63) is 84.8 Å². The highest BCUT2D eigenvalue weighted by molar-refractivity contribution is 5.56. The predicted molar refractivity (Wildman–Crippen MR) is 149 cm³/mol. The van der Waals surface area contributed by atoms with Crippen molar-refractivity contribution >= 4 is 0 Å². The lowest BCUT2D eigenvalue weighted by atomic mass is 9.87. The Morgan fingerprint density at radius 2 is 1.29 bits per heavy atom. The van der Waals surface area contributed by atoms with Gasteiger partial charge in [-0.15, -0.1) is 0 Å². The van der Waals surface area contributed by atoms with Crippen LogP contribution in [0.25, 0.3) is 22.6 Å². The number of piperidine rings is 2. The fraction of sp³-hybridized carbons (Fsp3) is 0.400. The summed E-state index contributed by atoms with van der Waals surface area (Å²) in [6, 6.07) is 20.1. The lowest BCUT2D eigenvalue weighted by Crippen LogP contribution is -2.49. The van der Waals surface area contributed by atoms with Crippen LogP contribution in [0.2, 0.25) is 0 Å². The van der Waals surface area contributed by atoms with Crippen molar-refractivity contribution < 1.29 is 8.83 Å². The Bertz CT molecular complexity index is 1270. The lowest BCUT2D eigenvalue weighted by molar-refractivity contribution is 0.138. The fourth-order valence-corrected chi connectivity index (χ4v) is 5.13. The van der Waals surface area contributed by atoms with Crippen LogP contribution in [0.15, 0.2) is 81.9 Å². The van der Waals surface area contributed by atoms with E-state index in [2.05, 4.69) is 32.5 Å². The Morgan fingerprint density at radius 1 is 0.789 bits per heavy atom. The van der Waals surface area contributed by atoms with Crippen molar-refractivity contribution in [2.45, 2.75) is 36.8 Å².